The van der Waals surface area contributed by atoms with Gasteiger partial charge in [0.2, 0.25) is 0 Å². The third-order valence-electron chi connectivity index (χ3n) is 7.62. The van der Waals surface area contributed by atoms with Crippen LogP contribution in [0.15, 0.2) is 64.2 Å². The number of rotatable bonds is 1. The Hall–Kier alpha value is -4.37. The highest BCUT2D eigenvalue weighted by Crippen LogP contribution is 2.34. The zero-order valence-electron chi connectivity index (χ0n) is 20.3. The number of hydrogen-bond donors (Lipinski definition) is 3. The van der Waals surface area contributed by atoms with Gasteiger partial charge in [-0.25, -0.2) is 4.98 Å². The molecule has 2 aliphatic heterocycles. The summed E-state index contributed by atoms with van der Waals surface area (Å²) in [4.78, 5) is 36.7. The van der Waals surface area contributed by atoms with E-state index in [2.05, 4.69) is 21.9 Å². The van der Waals surface area contributed by atoms with Crippen LogP contribution in [0.5, 0.6) is 5.75 Å². The van der Waals surface area contributed by atoms with Crippen molar-refractivity contribution in [2.45, 2.75) is 32.0 Å². The molecule has 0 saturated carbocycles. The van der Waals surface area contributed by atoms with Crippen molar-refractivity contribution in [2.75, 3.05) is 18.8 Å². The fourth-order valence-electron chi connectivity index (χ4n) is 5.66. The Balaban J connectivity index is 1.51. The minimum absolute atomic E-state index is 0.0427. The summed E-state index contributed by atoms with van der Waals surface area (Å²) in [6.07, 6.45) is 0.812. The molecule has 2 aromatic heterocycles. The SMILES string of the molecule is C[C@@H]1CC2CN1CCn1[nH]c3c(cccc3c1=O)-c1nc3c(cc(-c4ccc(N)cc4)cc3[nH]c1=O)O2. The molecule has 4 N–H and O–H groups in total. The average Bonchev–Trinajstić information content (AvgIpc) is 3.40. The third kappa shape index (κ3) is 3.54. The number of aromatic nitrogens is 4. The maximum absolute atomic E-state index is 13.4. The molecule has 3 aromatic carbocycles. The van der Waals surface area contributed by atoms with E-state index in [9.17, 15) is 9.59 Å². The number of anilines is 1. The van der Waals surface area contributed by atoms with Gasteiger partial charge in [-0.1, -0.05) is 24.3 Å². The Labute approximate surface area is 211 Å². The molecule has 0 spiro atoms. The van der Waals surface area contributed by atoms with E-state index in [1.54, 1.807) is 16.8 Å². The molecular weight excluding hydrogens is 468 g/mol. The van der Waals surface area contributed by atoms with Crippen LogP contribution in [0.3, 0.4) is 0 Å². The van der Waals surface area contributed by atoms with Gasteiger partial charge in [-0.2, -0.15) is 0 Å². The topological polar surface area (TPSA) is 122 Å². The fraction of sp³-hybridized carbons (Fsp3) is 0.250. The highest BCUT2D eigenvalue weighted by molar-refractivity contribution is 5.94. The van der Waals surface area contributed by atoms with E-state index >= 15 is 0 Å². The third-order valence-corrected chi connectivity index (χ3v) is 7.62. The molecule has 0 amide bonds. The van der Waals surface area contributed by atoms with Crippen molar-refractivity contribution in [3.05, 3.63) is 75.3 Å². The minimum Gasteiger partial charge on any atom is -0.487 e. The standard InChI is InChI=1S/C28H26N6O3/c1-15-11-19-14-33(15)9-10-34-28(36)21-4-2-3-20(24(21)32-34)25-27(35)30-22-12-17(13-23(37-19)26(22)31-25)16-5-7-18(29)8-6-16/h2-8,12-13,15,19,32H,9-11,14,29H2,1H3,(H,30,35)/t15-,19?/m1/s1. The molecule has 9 nitrogen and oxygen atoms in total. The second kappa shape index (κ2) is 8.07. The molecule has 2 unspecified atom stereocenters. The molecule has 3 atom stereocenters. The van der Waals surface area contributed by atoms with E-state index < -0.39 is 0 Å². The Kier molecular flexibility index (Phi) is 4.77. The van der Waals surface area contributed by atoms with E-state index in [0.29, 0.717) is 58.1 Å². The summed E-state index contributed by atoms with van der Waals surface area (Å²) < 4.78 is 8.24. The zero-order chi connectivity index (χ0) is 25.3. The van der Waals surface area contributed by atoms with Crippen LogP contribution in [0, 0.1) is 0 Å². The molecule has 1 saturated heterocycles. The van der Waals surface area contributed by atoms with Gasteiger partial charge in [0, 0.05) is 36.8 Å². The van der Waals surface area contributed by atoms with Gasteiger partial charge in [-0.3, -0.25) is 24.3 Å². The van der Waals surface area contributed by atoms with Crippen LogP contribution in [0.25, 0.3) is 44.3 Å². The lowest BCUT2D eigenvalue weighted by Gasteiger charge is -2.21. The summed E-state index contributed by atoms with van der Waals surface area (Å²) in [5.41, 5.74) is 10.6. The summed E-state index contributed by atoms with van der Waals surface area (Å²) in [5.74, 6) is 0.621. The Bertz CT molecular complexity index is 1800. The summed E-state index contributed by atoms with van der Waals surface area (Å²) in [7, 11) is 0. The number of nitrogen functional groups attached to an aromatic ring is 1. The number of nitrogens with zero attached hydrogens (tertiary/aromatic N) is 3. The first-order chi connectivity index (χ1) is 17.9. The van der Waals surface area contributed by atoms with Crippen LogP contribution < -0.4 is 21.6 Å². The van der Waals surface area contributed by atoms with Crippen molar-refractivity contribution in [2.24, 2.45) is 0 Å². The quantitative estimate of drug-likeness (QED) is 0.307. The molecule has 37 heavy (non-hydrogen) atoms. The molecular formula is C28H26N6O3. The van der Waals surface area contributed by atoms with Crippen LogP contribution in [-0.2, 0) is 6.54 Å². The number of hydrogen-bond acceptors (Lipinski definition) is 6. The van der Waals surface area contributed by atoms with Crippen molar-refractivity contribution in [1.29, 1.82) is 0 Å². The predicted molar refractivity (Wildman–Crippen MR) is 144 cm³/mol. The van der Waals surface area contributed by atoms with Gasteiger partial charge in [0.25, 0.3) is 11.1 Å². The van der Waals surface area contributed by atoms with Crippen LogP contribution in [0.2, 0.25) is 0 Å². The highest BCUT2D eigenvalue weighted by Gasteiger charge is 2.31. The predicted octanol–water partition coefficient (Wildman–Crippen LogP) is 3.34. The Morgan fingerprint density at radius 1 is 1.05 bits per heavy atom. The Morgan fingerprint density at radius 3 is 2.73 bits per heavy atom. The smallest absolute Gasteiger partial charge is 0.275 e. The van der Waals surface area contributed by atoms with Crippen LogP contribution in [0.1, 0.15) is 13.3 Å². The summed E-state index contributed by atoms with van der Waals surface area (Å²) >= 11 is 0. The molecule has 0 aliphatic carbocycles. The largest absolute Gasteiger partial charge is 0.487 e. The van der Waals surface area contributed by atoms with Gasteiger partial charge in [0.05, 0.1) is 23.0 Å². The number of ether oxygens (including phenoxy) is 1. The normalized spacial score (nSPS) is 20.9. The average molecular weight is 495 g/mol. The maximum atomic E-state index is 13.4. The van der Waals surface area contributed by atoms with Crippen LogP contribution in [-0.4, -0.2) is 49.9 Å². The lowest BCUT2D eigenvalue weighted by molar-refractivity contribution is 0.195. The number of H-pyrrole nitrogens is 2. The number of nitrogens with one attached hydrogen (secondary N) is 2. The minimum atomic E-state index is -0.332. The summed E-state index contributed by atoms with van der Waals surface area (Å²) in [6, 6.07) is 17.2. The first-order valence-electron chi connectivity index (χ1n) is 12.5. The first kappa shape index (κ1) is 21.9. The first-order valence-corrected chi connectivity index (χ1v) is 12.5. The fourth-order valence-corrected chi connectivity index (χ4v) is 5.66. The maximum Gasteiger partial charge on any atom is 0.275 e. The molecule has 0 radical (unpaired) electrons. The van der Waals surface area contributed by atoms with Crippen LogP contribution in [0.4, 0.5) is 5.69 Å². The number of fused-ring (bicyclic) bond motifs is 5. The van der Waals surface area contributed by atoms with Gasteiger partial charge in [0.1, 0.15) is 23.1 Å². The van der Waals surface area contributed by atoms with Crippen molar-refractivity contribution in [1.82, 2.24) is 24.6 Å². The summed E-state index contributed by atoms with van der Waals surface area (Å²) in [5, 5.41) is 3.79. The van der Waals surface area contributed by atoms with Crippen LogP contribution >= 0.6 is 0 Å². The lowest BCUT2D eigenvalue weighted by atomic mass is 10.0. The van der Waals surface area contributed by atoms with Crippen molar-refractivity contribution < 1.29 is 4.74 Å². The van der Waals surface area contributed by atoms with E-state index in [4.69, 9.17) is 15.5 Å². The Morgan fingerprint density at radius 2 is 1.89 bits per heavy atom. The van der Waals surface area contributed by atoms with Crippen molar-refractivity contribution in [3.63, 3.8) is 0 Å². The monoisotopic (exact) mass is 494 g/mol. The molecule has 1 fully saturated rings. The van der Waals surface area contributed by atoms with E-state index in [0.717, 1.165) is 24.1 Å². The zero-order valence-corrected chi connectivity index (χ0v) is 20.3. The number of benzene rings is 3. The highest BCUT2D eigenvalue weighted by atomic mass is 16.5. The molecule has 5 aromatic rings. The molecule has 6 bridgehead atoms. The second-order valence-corrected chi connectivity index (χ2v) is 10.0. The molecule has 186 valence electrons. The lowest BCUT2D eigenvalue weighted by Crippen LogP contribution is -2.33. The van der Waals surface area contributed by atoms with E-state index in [1.165, 1.54) is 0 Å². The van der Waals surface area contributed by atoms with Crippen molar-refractivity contribution >= 4 is 27.6 Å². The number of aromatic amines is 2. The van der Waals surface area contributed by atoms with E-state index in [-0.39, 0.29) is 22.9 Å². The van der Waals surface area contributed by atoms with E-state index in [1.807, 2.05) is 42.5 Å². The van der Waals surface area contributed by atoms with Gasteiger partial charge in [0.15, 0.2) is 0 Å². The van der Waals surface area contributed by atoms with Crippen molar-refractivity contribution in [3.8, 4) is 28.1 Å². The molecule has 2 aliphatic rings. The molecule has 4 heterocycles. The number of para-hydroxylation sites is 1. The van der Waals surface area contributed by atoms with Gasteiger partial charge >= 0.3 is 0 Å². The molecule has 7 rings (SSSR count). The van der Waals surface area contributed by atoms with Gasteiger partial charge < -0.3 is 15.5 Å². The molecule has 9 heteroatoms. The summed E-state index contributed by atoms with van der Waals surface area (Å²) in [6.45, 7) is 4.16. The van der Waals surface area contributed by atoms with Gasteiger partial charge in [-0.15, -0.1) is 0 Å². The van der Waals surface area contributed by atoms with Gasteiger partial charge in [-0.05, 0) is 48.4 Å². The number of nitrogens with two attached hydrogens (primary N) is 1. The second-order valence-electron chi connectivity index (χ2n) is 10.0.